The maximum atomic E-state index is 4.51. The minimum atomic E-state index is 0.953. The number of hydrogen-bond donors (Lipinski definition) is 0. The third kappa shape index (κ3) is 3.54. The number of aliphatic imine (C=N–C) groups is 1. The van der Waals surface area contributed by atoms with E-state index in [4.69, 9.17) is 0 Å². The monoisotopic (exact) mass is 376 g/mol. The summed E-state index contributed by atoms with van der Waals surface area (Å²) in [7, 11) is 0. The van der Waals surface area contributed by atoms with Crippen molar-refractivity contribution in [2.75, 3.05) is 0 Å². The summed E-state index contributed by atoms with van der Waals surface area (Å²) in [5, 5.41) is 0. The van der Waals surface area contributed by atoms with Crippen LogP contribution >= 0.6 is 22.6 Å². The summed E-state index contributed by atoms with van der Waals surface area (Å²) in [6.07, 6.45) is 4.73. The van der Waals surface area contributed by atoms with Crippen LogP contribution < -0.4 is 0 Å². The minimum absolute atomic E-state index is 0.953. The first-order valence-electron chi connectivity index (χ1n) is 6.56. The Morgan fingerprint density at radius 2 is 2.05 bits per heavy atom. The molecule has 0 aliphatic heterocycles. The van der Waals surface area contributed by atoms with Gasteiger partial charge in [0, 0.05) is 23.0 Å². The standard InChI is InChI=1S/C17H17IN2/c1-4-13-10-14(7-9-17(13)20-12(3)18)15-6-8-16(5-2)19-11-15/h4,6-11H,1,5H2,2-3H3. The second kappa shape index (κ2) is 6.79. The van der Waals surface area contributed by atoms with Crippen molar-refractivity contribution in [3.05, 3.63) is 54.4 Å². The molecular formula is C17H17IN2. The molecule has 20 heavy (non-hydrogen) atoms. The van der Waals surface area contributed by atoms with Crippen LogP contribution in [0.25, 0.3) is 17.2 Å². The summed E-state index contributed by atoms with van der Waals surface area (Å²) in [5.74, 6) is 0. The lowest BCUT2D eigenvalue weighted by atomic mass is 10.0. The SMILES string of the molecule is C=Cc1cc(-c2ccc(CC)nc2)ccc1N=C(C)I. The highest BCUT2D eigenvalue weighted by atomic mass is 127. The summed E-state index contributed by atoms with van der Waals surface area (Å²) in [4.78, 5) is 8.95. The first kappa shape index (κ1) is 14.9. The van der Waals surface area contributed by atoms with Crippen LogP contribution in [0.2, 0.25) is 0 Å². The number of halogens is 1. The molecule has 1 aromatic heterocycles. The molecule has 2 aromatic rings. The van der Waals surface area contributed by atoms with E-state index in [1.54, 1.807) is 0 Å². The number of hydrogen-bond acceptors (Lipinski definition) is 2. The Balaban J connectivity index is 2.42. The quantitative estimate of drug-likeness (QED) is 0.515. The number of pyridine rings is 1. The fourth-order valence-corrected chi connectivity index (χ4v) is 2.23. The number of rotatable bonds is 4. The van der Waals surface area contributed by atoms with Crippen molar-refractivity contribution in [2.24, 2.45) is 4.99 Å². The van der Waals surface area contributed by atoms with E-state index >= 15 is 0 Å². The third-order valence-electron chi connectivity index (χ3n) is 3.04. The van der Waals surface area contributed by atoms with Crippen LogP contribution in [0.5, 0.6) is 0 Å². The van der Waals surface area contributed by atoms with Crippen molar-refractivity contribution in [3.63, 3.8) is 0 Å². The van der Waals surface area contributed by atoms with Gasteiger partial charge in [0.1, 0.15) is 0 Å². The molecule has 2 nitrogen and oxygen atoms in total. The molecule has 0 amide bonds. The molecule has 1 heterocycles. The second-order valence-electron chi connectivity index (χ2n) is 4.48. The van der Waals surface area contributed by atoms with E-state index in [9.17, 15) is 0 Å². The Bertz CT molecular complexity index is 639. The van der Waals surface area contributed by atoms with Gasteiger partial charge in [0.2, 0.25) is 0 Å². The van der Waals surface area contributed by atoms with Gasteiger partial charge in [0.15, 0.2) is 0 Å². The third-order valence-corrected chi connectivity index (χ3v) is 3.28. The predicted octanol–water partition coefficient (Wildman–Crippen LogP) is 5.44. The molecule has 0 spiro atoms. The van der Waals surface area contributed by atoms with E-state index in [-0.39, 0.29) is 0 Å². The smallest absolute Gasteiger partial charge is 0.0760 e. The minimum Gasteiger partial charge on any atom is -0.261 e. The van der Waals surface area contributed by atoms with E-state index < -0.39 is 0 Å². The van der Waals surface area contributed by atoms with E-state index in [0.29, 0.717) is 0 Å². The van der Waals surface area contributed by atoms with E-state index in [2.05, 4.69) is 70.3 Å². The van der Waals surface area contributed by atoms with Gasteiger partial charge in [-0.15, -0.1) is 0 Å². The topological polar surface area (TPSA) is 25.2 Å². The zero-order valence-corrected chi connectivity index (χ0v) is 13.9. The second-order valence-corrected chi connectivity index (χ2v) is 6.04. The van der Waals surface area contributed by atoms with Crippen molar-refractivity contribution >= 4 is 38.1 Å². The largest absolute Gasteiger partial charge is 0.261 e. The first-order chi connectivity index (χ1) is 9.63. The zero-order valence-electron chi connectivity index (χ0n) is 11.7. The summed E-state index contributed by atoms with van der Waals surface area (Å²) in [6.45, 7) is 7.96. The Hall–Kier alpha value is -1.49. The molecule has 0 saturated heterocycles. The molecule has 2 rings (SSSR count). The highest BCUT2D eigenvalue weighted by molar-refractivity contribution is 14.1. The van der Waals surface area contributed by atoms with Crippen molar-refractivity contribution in [2.45, 2.75) is 20.3 Å². The molecule has 0 radical (unpaired) electrons. The van der Waals surface area contributed by atoms with Crippen molar-refractivity contribution < 1.29 is 0 Å². The van der Waals surface area contributed by atoms with Gasteiger partial charge in [-0.3, -0.25) is 4.98 Å². The summed E-state index contributed by atoms with van der Waals surface area (Å²) in [6, 6.07) is 10.4. The van der Waals surface area contributed by atoms with Crippen LogP contribution in [0.15, 0.2) is 48.1 Å². The highest BCUT2D eigenvalue weighted by Crippen LogP contribution is 2.28. The van der Waals surface area contributed by atoms with Crippen molar-refractivity contribution in [1.29, 1.82) is 0 Å². The van der Waals surface area contributed by atoms with E-state index in [1.807, 2.05) is 25.3 Å². The predicted molar refractivity (Wildman–Crippen MR) is 95.9 cm³/mol. The molecule has 0 aliphatic rings. The Labute approximate surface area is 133 Å². The number of nitrogens with zero attached hydrogens (tertiary/aromatic N) is 2. The average Bonchev–Trinajstić information content (AvgIpc) is 2.47. The van der Waals surface area contributed by atoms with Gasteiger partial charge in [0.25, 0.3) is 0 Å². The van der Waals surface area contributed by atoms with E-state index in [1.165, 1.54) is 0 Å². The van der Waals surface area contributed by atoms with Gasteiger partial charge >= 0.3 is 0 Å². The molecule has 0 saturated carbocycles. The Morgan fingerprint density at radius 1 is 1.30 bits per heavy atom. The molecular weight excluding hydrogens is 359 g/mol. The molecule has 3 heteroatoms. The van der Waals surface area contributed by atoms with Crippen molar-refractivity contribution in [3.8, 4) is 11.1 Å². The number of aryl methyl sites for hydroxylation is 1. The molecule has 0 N–H and O–H groups in total. The lowest BCUT2D eigenvalue weighted by molar-refractivity contribution is 1.04. The molecule has 0 bridgehead atoms. The molecule has 0 fully saturated rings. The lowest BCUT2D eigenvalue weighted by Gasteiger charge is -2.07. The number of benzene rings is 1. The molecule has 0 atom stereocenters. The summed E-state index contributed by atoms with van der Waals surface area (Å²) >= 11 is 2.21. The van der Waals surface area contributed by atoms with Crippen molar-refractivity contribution in [1.82, 2.24) is 4.98 Å². The van der Waals surface area contributed by atoms with Crippen LogP contribution in [0.4, 0.5) is 5.69 Å². The fraction of sp³-hybridized carbons (Fsp3) is 0.176. The molecule has 0 unspecified atom stereocenters. The van der Waals surface area contributed by atoms with Gasteiger partial charge in [-0.05, 0) is 59.7 Å². The van der Waals surface area contributed by atoms with Gasteiger partial charge in [-0.2, -0.15) is 0 Å². The van der Waals surface area contributed by atoms with E-state index in [0.717, 1.165) is 38.2 Å². The van der Waals surface area contributed by atoms with Crippen LogP contribution in [0.1, 0.15) is 25.1 Å². The summed E-state index contributed by atoms with van der Waals surface area (Å²) < 4.78 is 1.01. The van der Waals surface area contributed by atoms with Crippen LogP contribution in [-0.2, 0) is 6.42 Å². The molecule has 102 valence electrons. The Kier molecular flexibility index (Phi) is 5.06. The van der Waals surface area contributed by atoms with Gasteiger partial charge < -0.3 is 0 Å². The van der Waals surface area contributed by atoms with Crippen LogP contribution in [-0.4, -0.2) is 8.70 Å². The highest BCUT2D eigenvalue weighted by Gasteiger charge is 2.03. The summed E-state index contributed by atoms with van der Waals surface area (Å²) in [5.41, 5.74) is 5.36. The maximum absolute atomic E-state index is 4.51. The van der Waals surface area contributed by atoms with Gasteiger partial charge in [-0.1, -0.05) is 31.7 Å². The van der Waals surface area contributed by atoms with Crippen LogP contribution in [0.3, 0.4) is 0 Å². The first-order valence-corrected chi connectivity index (χ1v) is 7.64. The maximum Gasteiger partial charge on any atom is 0.0760 e. The lowest BCUT2D eigenvalue weighted by Crippen LogP contribution is -1.87. The normalized spacial score (nSPS) is 11.4. The molecule has 1 aromatic carbocycles. The Morgan fingerprint density at radius 3 is 2.60 bits per heavy atom. The fourth-order valence-electron chi connectivity index (χ4n) is 1.97. The molecule has 0 aliphatic carbocycles. The zero-order chi connectivity index (χ0) is 14.5. The number of aromatic nitrogens is 1. The van der Waals surface area contributed by atoms with Gasteiger partial charge in [0.05, 0.1) is 9.41 Å². The van der Waals surface area contributed by atoms with Crippen LogP contribution in [0, 0.1) is 0 Å². The van der Waals surface area contributed by atoms with Gasteiger partial charge in [-0.25, -0.2) is 4.99 Å². The average molecular weight is 376 g/mol.